The van der Waals surface area contributed by atoms with E-state index in [1.54, 1.807) is 0 Å². The van der Waals surface area contributed by atoms with Gasteiger partial charge in [-0.15, -0.1) is 0 Å². The minimum atomic E-state index is -0.859. The molecular formula is C87H64N2. The molecule has 0 atom stereocenters. The predicted molar refractivity (Wildman–Crippen MR) is 375 cm³/mol. The molecule has 422 valence electrons. The SMILES string of the molecule is Cc1ccc2c(c1)C(c1cc(-c3ccccc3)cc(N(c3ccc(-c4ccccc4)cc3)c3ccc(-c4ccccc4)cc3)c1)(c1cc(-c3ccccc3)cc(N(c3ccc(-c4ccccc4)cc3)c3ccc(-c4ccccc4)cc3)c1)c1cc(C)ccc1-2. The van der Waals surface area contributed by atoms with Crippen molar-refractivity contribution in [3.63, 3.8) is 0 Å². The van der Waals surface area contributed by atoms with Crippen LogP contribution < -0.4 is 9.80 Å². The van der Waals surface area contributed by atoms with Crippen molar-refractivity contribution in [3.8, 4) is 77.9 Å². The summed E-state index contributed by atoms with van der Waals surface area (Å²) in [5, 5.41) is 0. The van der Waals surface area contributed by atoms with Gasteiger partial charge < -0.3 is 9.80 Å². The summed E-state index contributed by atoms with van der Waals surface area (Å²) < 4.78 is 0. The van der Waals surface area contributed by atoms with Crippen molar-refractivity contribution >= 4 is 34.1 Å². The molecule has 1 aliphatic carbocycles. The molecule has 0 N–H and O–H groups in total. The van der Waals surface area contributed by atoms with E-state index >= 15 is 0 Å². The van der Waals surface area contributed by atoms with E-state index in [0.717, 1.165) is 56.4 Å². The maximum Gasteiger partial charge on any atom is 0.0715 e. The van der Waals surface area contributed by atoms with Gasteiger partial charge in [0.2, 0.25) is 0 Å². The van der Waals surface area contributed by atoms with E-state index in [-0.39, 0.29) is 0 Å². The third-order valence-corrected chi connectivity index (χ3v) is 17.8. The van der Waals surface area contributed by atoms with Gasteiger partial charge in [-0.3, -0.25) is 0 Å². The average Bonchev–Trinajstić information content (AvgIpc) is 1.64. The molecule has 0 aromatic heterocycles. The van der Waals surface area contributed by atoms with Crippen LogP contribution in [0.1, 0.15) is 33.4 Å². The van der Waals surface area contributed by atoms with Gasteiger partial charge in [-0.1, -0.05) is 278 Å². The third-order valence-electron chi connectivity index (χ3n) is 17.8. The Labute approximate surface area is 523 Å². The topological polar surface area (TPSA) is 6.48 Å². The van der Waals surface area contributed by atoms with Crippen LogP contribution in [0.25, 0.3) is 77.9 Å². The van der Waals surface area contributed by atoms with Gasteiger partial charge in [0, 0.05) is 34.1 Å². The maximum atomic E-state index is 2.50. The van der Waals surface area contributed by atoms with Gasteiger partial charge in [-0.2, -0.15) is 0 Å². The maximum absolute atomic E-state index is 2.50. The minimum absolute atomic E-state index is 0.859. The average molecular weight is 1140 g/mol. The van der Waals surface area contributed by atoms with Crippen LogP contribution >= 0.6 is 0 Å². The molecule has 1 aliphatic rings. The summed E-state index contributed by atoms with van der Waals surface area (Å²) in [7, 11) is 0. The second-order valence-electron chi connectivity index (χ2n) is 23.4. The van der Waals surface area contributed by atoms with Gasteiger partial charge in [0.05, 0.1) is 5.41 Å². The first-order valence-electron chi connectivity index (χ1n) is 30.8. The highest BCUT2D eigenvalue weighted by atomic mass is 15.1. The second-order valence-corrected chi connectivity index (χ2v) is 23.4. The Morgan fingerprint density at radius 2 is 0.427 bits per heavy atom. The molecule has 15 rings (SSSR count). The van der Waals surface area contributed by atoms with E-state index in [4.69, 9.17) is 0 Å². The first-order chi connectivity index (χ1) is 43.9. The molecular weight excluding hydrogens is 1070 g/mol. The molecule has 0 heterocycles. The van der Waals surface area contributed by atoms with Gasteiger partial charge in [-0.05, 0) is 199 Å². The number of anilines is 6. The molecule has 0 unspecified atom stereocenters. The quantitative estimate of drug-likeness (QED) is 0.107. The Balaban J connectivity index is 1.02. The molecule has 0 fully saturated rings. The number of fused-ring (bicyclic) bond motifs is 3. The summed E-state index contributed by atoms with van der Waals surface area (Å²) in [6.45, 7) is 4.49. The fraction of sp³-hybridized carbons (Fsp3) is 0.0345. The number of hydrogen-bond donors (Lipinski definition) is 0. The van der Waals surface area contributed by atoms with E-state index in [2.05, 4.69) is 375 Å². The molecule has 0 radical (unpaired) electrons. The van der Waals surface area contributed by atoms with E-state index < -0.39 is 5.41 Å². The molecule has 14 aromatic carbocycles. The van der Waals surface area contributed by atoms with Crippen molar-refractivity contribution in [2.24, 2.45) is 0 Å². The highest BCUT2D eigenvalue weighted by Gasteiger charge is 2.47. The first kappa shape index (κ1) is 54.3. The molecule has 0 saturated carbocycles. The fourth-order valence-corrected chi connectivity index (χ4v) is 13.5. The number of rotatable bonds is 14. The molecule has 0 aliphatic heterocycles. The molecule has 2 nitrogen and oxygen atoms in total. The minimum Gasteiger partial charge on any atom is -0.310 e. The van der Waals surface area contributed by atoms with Gasteiger partial charge in [0.1, 0.15) is 0 Å². The summed E-state index contributed by atoms with van der Waals surface area (Å²) in [5.41, 5.74) is 29.1. The number of aryl methyl sites for hydroxylation is 2. The van der Waals surface area contributed by atoms with Crippen LogP contribution in [0, 0.1) is 13.8 Å². The van der Waals surface area contributed by atoms with E-state index in [9.17, 15) is 0 Å². The van der Waals surface area contributed by atoms with E-state index in [1.807, 2.05) is 0 Å². The van der Waals surface area contributed by atoms with Crippen molar-refractivity contribution in [1.82, 2.24) is 0 Å². The largest absolute Gasteiger partial charge is 0.310 e. The van der Waals surface area contributed by atoms with E-state index in [0.29, 0.717) is 0 Å². The molecule has 0 saturated heterocycles. The smallest absolute Gasteiger partial charge is 0.0715 e. The van der Waals surface area contributed by atoms with Crippen molar-refractivity contribution in [3.05, 3.63) is 385 Å². The van der Waals surface area contributed by atoms with Crippen LogP contribution in [0.15, 0.2) is 352 Å². The molecule has 14 aromatic rings. The fourth-order valence-electron chi connectivity index (χ4n) is 13.5. The Bertz CT molecular complexity index is 4300. The lowest BCUT2D eigenvalue weighted by Gasteiger charge is -2.37. The molecule has 0 spiro atoms. The molecule has 2 heteroatoms. The van der Waals surface area contributed by atoms with Gasteiger partial charge in [-0.25, -0.2) is 0 Å². The second kappa shape index (κ2) is 23.5. The lowest BCUT2D eigenvalue weighted by atomic mass is 9.66. The summed E-state index contributed by atoms with van der Waals surface area (Å²) in [6.07, 6.45) is 0. The van der Waals surface area contributed by atoms with Crippen molar-refractivity contribution in [2.45, 2.75) is 19.3 Å². The van der Waals surface area contributed by atoms with Crippen LogP contribution in [0.3, 0.4) is 0 Å². The van der Waals surface area contributed by atoms with E-state index in [1.165, 1.54) is 89.0 Å². The van der Waals surface area contributed by atoms with Gasteiger partial charge in [0.15, 0.2) is 0 Å². The molecule has 0 amide bonds. The van der Waals surface area contributed by atoms with Crippen molar-refractivity contribution in [1.29, 1.82) is 0 Å². The van der Waals surface area contributed by atoms with Crippen molar-refractivity contribution < 1.29 is 0 Å². The Morgan fingerprint density at radius 3 is 0.685 bits per heavy atom. The van der Waals surface area contributed by atoms with Crippen LogP contribution in [0.5, 0.6) is 0 Å². The summed E-state index contributed by atoms with van der Waals surface area (Å²) >= 11 is 0. The number of nitrogens with zero attached hydrogens (tertiary/aromatic N) is 2. The zero-order valence-electron chi connectivity index (χ0n) is 49.9. The number of hydrogen-bond acceptors (Lipinski definition) is 2. The van der Waals surface area contributed by atoms with Gasteiger partial charge >= 0.3 is 0 Å². The number of benzene rings is 14. The normalized spacial score (nSPS) is 12.0. The summed E-state index contributed by atoms with van der Waals surface area (Å²) in [4.78, 5) is 4.92. The Hall–Kier alpha value is -11.3. The Morgan fingerprint density at radius 1 is 0.191 bits per heavy atom. The highest BCUT2D eigenvalue weighted by molar-refractivity contribution is 5.92. The molecule has 0 bridgehead atoms. The first-order valence-corrected chi connectivity index (χ1v) is 30.8. The summed E-state index contributed by atoms with van der Waals surface area (Å²) in [6, 6.07) is 130. The summed E-state index contributed by atoms with van der Waals surface area (Å²) in [5.74, 6) is 0. The predicted octanol–water partition coefficient (Wildman–Crippen LogP) is 23.6. The standard InChI is InChI=1S/C87H64N2/c1-61-33-51-83-84-52-34-62(2)54-86(84)87(85(83)53-61,75-55-73(67-29-17-7-18-30-67)57-81(59-75)88(77-43-35-69(36-44-77)63-21-9-3-10-22-63)78-45-37-70(38-46-78)64-23-11-4-12-24-64)76-56-74(68-31-19-8-20-32-68)58-82(60-76)89(79-47-39-71(40-48-79)65-25-13-5-14-26-65)80-49-41-72(42-50-80)66-27-15-6-16-28-66/h3-60H,1-2H3. The van der Waals surface area contributed by atoms with Crippen molar-refractivity contribution in [2.75, 3.05) is 9.80 Å². The van der Waals surface area contributed by atoms with Gasteiger partial charge in [0.25, 0.3) is 0 Å². The van der Waals surface area contributed by atoms with Crippen LogP contribution in [-0.4, -0.2) is 0 Å². The molecule has 89 heavy (non-hydrogen) atoms. The third kappa shape index (κ3) is 10.4. The van der Waals surface area contributed by atoms with Crippen LogP contribution in [-0.2, 0) is 5.41 Å². The monoisotopic (exact) mass is 1140 g/mol. The zero-order chi connectivity index (χ0) is 59.7. The highest BCUT2D eigenvalue weighted by Crippen LogP contribution is 2.59. The van der Waals surface area contributed by atoms with Crippen LogP contribution in [0.2, 0.25) is 0 Å². The lowest BCUT2D eigenvalue weighted by Crippen LogP contribution is -2.30. The lowest BCUT2D eigenvalue weighted by molar-refractivity contribution is 0.767. The Kier molecular flexibility index (Phi) is 14.4. The zero-order valence-corrected chi connectivity index (χ0v) is 49.9. The van der Waals surface area contributed by atoms with Crippen LogP contribution in [0.4, 0.5) is 34.1 Å².